The normalized spacial score (nSPS) is 15.2. The van der Waals surface area contributed by atoms with E-state index in [0.717, 1.165) is 31.6 Å². The van der Waals surface area contributed by atoms with Crippen LogP contribution < -0.4 is 5.32 Å². The number of carbonyl (C=O) groups excluding carboxylic acids is 2. The molecule has 0 aliphatic heterocycles. The number of aromatic nitrogens is 1. The molecule has 1 N–H and O–H groups in total. The van der Waals surface area contributed by atoms with E-state index in [0.29, 0.717) is 24.6 Å². The monoisotopic (exact) mass is 350 g/mol. The van der Waals surface area contributed by atoms with Gasteiger partial charge in [-0.3, -0.25) is 9.59 Å². The molecule has 2 amide bonds. The summed E-state index contributed by atoms with van der Waals surface area (Å²) in [6.45, 7) is 3.30. The van der Waals surface area contributed by atoms with Crippen LogP contribution >= 0.6 is 0 Å². The summed E-state index contributed by atoms with van der Waals surface area (Å²) in [5.41, 5.74) is 0.666. The molecule has 1 fully saturated rings. The third kappa shape index (κ3) is 6.86. The van der Waals surface area contributed by atoms with Gasteiger partial charge in [0.05, 0.1) is 12.1 Å². The van der Waals surface area contributed by atoms with E-state index >= 15 is 0 Å². The minimum absolute atomic E-state index is 0.100. The third-order valence-electron chi connectivity index (χ3n) is 4.28. The maximum atomic E-state index is 12.1. The van der Waals surface area contributed by atoms with Crippen LogP contribution in [0.15, 0.2) is 10.6 Å². The van der Waals surface area contributed by atoms with E-state index in [1.54, 1.807) is 11.9 Å². The average Bonchev–Trinajstić information content (AvgIpc) is 3.27. The first-order chi connectivity index (χ1) is 11.8. The van der Waals surface area contributed by atoms with Crippen molar-refractivity contribution in [3.05, 3.63) is 17.5 Å². The molecule has 1 unspecified atom stereocenters. The van der Waals surface area contributed by atoms with Gasteiger partial charge in [0.25, 0.3) is 0 Å². The molecule has 1 atom stereocenters. The number of hydrogen-bond donors (Lipinski definition) is 1. The first-order valence-corrected chi connectivity index (χ1v) is 8.98. The Morgan fingerprint density at radius 3 is 2.72 bits per heavy atom. The standard InChI is InChI=1S/C18H30N4O3/c1-13(12-22(4)18(24)6-5-9-21(2)3)19-17(23)11-15-10-16(25-20-15)14-7-8-14/h10,13-14H,5-9,11-12H2,1-4H3,(H,19,23). The lowest BCUT2D eigenvalue weighted by Gasteiger charge is -2.22. The number of rotatable bonds is 10. The summed E-state index contributed by atoms with van der Waals surface area (Å²) in [5, 5.41) is 6.88. The van der Waals surface area contributed by atoms with Gasteiger partial charge in [-0.2, -0.15) is 0 Å². The largest absolute Gasteiger partial charge is 0.361 e. The zero-order valence-corrected chi connectivity index (χ0v) is 15.7. The van der Waals surface area contributed by atoms with Gasteiger partial charge in [-0.1, -0.05) is 5.16 Å². The molecule has 1 aromatic rings. The molecule has 1 aromatic heterocycles. The molecule has 0 spiro atoms. The molecular weight excluding hydrogens is 320 g/mol. The fourth-order valence-corrected chi connectivity index (χ4v) is 2.76. The summed E-state index contributed by atoms with van der Waals surface area (Å²) in [4.78, 5) is 27.9. The second kappa shape index (κ2) is 8.99. The lowest BCUT2D eigenvalue weighted by atomic mass is 10.2. The van der Waals surface area contributed by atoms with E-state index in [4.69, 9.17) is 4.52 Å². The molecule has 7 heteroatoms. The molecule has 25 heavy (non-hydrogen) atoms. The van der Waals surface area contributed by atoms with Crippen molar-refractivity contribution >= 4 is 11.8 Å². The van der Waals surface area contributed by atoms with Crippen LogP contribution in [0.1, 0.15) is 50.0 Å². The summed E-state index contributed by atoms with van der Waals surface area (Å²) < 4.78 is 5.26. The average molecular weight is 350 g/mol. The fraction of sp³-hybridized carbons (Fsp3) is 0.722. The molecule has 1 aliphatic carbocycles. The lowest BCUT2D eigenvalue weighted by molar-refractivity contribution is -0.131. The second-order valence-electron chi connectivity index (χ2n) is 7.32. The van der Waals surface area contributed by atoms with Gasteiger partial charge in [-0.15, -0.1) is 0 Å². The van der Waals surface area contributed by atoms with E-state index < -0.39 is 0 Å². The maximum Gasteiger partial charge on any atom is 0.226 e. The predicted octanol–water partition coefficient (Wildman–Crippen LogP) is 1.40. The van der Waals surface area contributed by atoms with Crippen LogP contribution in [0.5, 0.6) is 0 Å². The van der Waals surface area contributed by atoms with Gasteiger partial charge in [-0.05, 0) is 46.8 Å². The van der Waals surface area contributed by atoms with Crippen LogP contribution in [0, 0.1) is 0 Å². The Balaban J connectivity index is 1.67. The maximum absolute atomic E-state index is 12.1. The zero-order valence-electron chi connectivity index (χ0n) is 15.7. The van der Waals surface area contributed by atoms with Crippen molar-refractivity contribution in [1.29, 1.82) is 0 Å². The number of nitrogens with zero attached hydrogens (tertiary/aromatic N) is 3. The predicted molar refractivity (Wildman–Crippen MR) is 95.2 cm³/mol. The lowest BCUT2D eigenvalue weighted by Crippen LogP contribution is -2.43. The molecule has 0 aromatic carbocycles. The molecule has 1 aliphatic rings. The summed E-state index contributed by atoms with van der Waals surface area (Å²) in [6, 6.07) is 1.77. The van der Waals surface area contributed by atoms with Crippen LogP contribution in [0.4, 0.5) is 0 Å². The number of likely N-dealkylation sites (N-methyl/N-ethyl adjacent to an activating group) is 1. The van der Waals surface area contributed by atoms with Gasteiger partial charge in [0.1, 0.15) is 5.76 Å². The highest BCUT2D eigenvalue weighted by molar-refractivity contribution is 5.79. The number of nitrogens with one attached hydrogen (secondary N) is 1. The van der Waals surface area contributed by atoms with Gasteiger partial charge in [0.15, 0.2) is 0 Å². The van der Waals surface area contributed by atoms with E-state index in [2.05, 4.69) is 15.4 Å². The van der Waals surface area contributed by atoms with Crippen molar-refractivity contribution in [2.24, 2.45) is 0 Å². The first-order valence-electron chi connectivity index (χ1n) is 8.98. The summed E-state index contributed by atoms with van der Waals surface area (Å²) in [6.07, 6.45) is 3.87. The summed E-state index contributed by atoms with van der Waals surface area (Å²) >= 11 is 0. The molecule has 1 saturated carbocycles. The quantitative estimate of drug-likeness (QED) is 0.690. The number of amides is 2. The van der Waals surface area contributed by atoms with Gasteiger partial charge in [0, 0.05) is 38.0 Å². The molecule has 0 bridgehead atoms. The smallest absolute Gasteiger partial charge is 0.226 e. The SMILES string of the molecule is CC(CN(C)C(=O)CCCN(C)C)NC(=O)Cc1cc(C2CC2)on1. The minimum atomic E-state index is -0.106. The Morgan fingerprint density at radius 1 is 1.36 bits per heavy atom. The minimum Gasteiger partial charge on any atom is -0.361 e. The highest BCUT2D eigenvalue weighted by atomic mass is 16.5. The topological polar surface area (TPSA) is 78.7 Å². The van der Waals surface area contributed by atoms with E-state index in [1.165, 1.54) is 0 Å². The highest BCUT2D eigenvalue weighted by Gasteiger charge is 2.28. The fourth-order valence-electron chi connectivity index (χ4n) is 2.76. The van der Waals surface area contributed by atoms with Gasteiger partial charge < -0.3 is 19.6 Å². The summed E-state index contributed by atoms with van der Waals surface area (Å²) in [7, 11) is 5.77. The Labute approximate surface area is 149 Å². The first kappa shape index (κ1) is 19.4. The Bertz CT molecular complexity index is 581. The van der Waals surface area contributed by atoms with Crippen molar-refractivity contribution in [1.82, 2.24) is 20.3 Å². The van der Waals surface area contributed by atoms with Crippen LogP contribution in [0.2, 0.25) is 0 Å². The summed E-state index contributed by atoms with van der Waals surface area (Å²) in [5.74, 6) is 1.39. The molecule has 0 saturated heterocycles. The molecule has 2 rings (SSSR count). The molecular formula is C18H30N4O3. The van der Waals surface area contributed by atoms with Crippen LogP contribution in [-0.4, -0.2) is 67.0 Å². The van der Waals surface area contributed by atoms with Gasteiger partial charge >= 0.3 is 0 Å². The van der Waals surface area contributed by atoms with Crippen LogP contribution in [0.25, 0.3) is 0 Å². The number of carbonyl (C=O) groups is 2. The Kier molecular flexibility index (Phi) is 6.99. The zero-order chi connectivity index (χ0) is 18.4. The van der Waals surface area contributed by atoms with Gasteiger partial charge in [-0.25, -0.2) is 0 Å². The van der Waals surface area contributed by atoms with Crippen molar-refractivity contribution in [2.75, 3.05) is 34.2 Å². The molecule has 140 valence electrons. The van der Waals surface area contributed by atoms with Crippen molar-refractivity contribution in [3.63, 3.8) is 0 Å². The van der Waals surface area contributed by atoms with Crippen molar-refractivity contribution < 1.29 is 14.1 Å². The second-order valence-corrected chi connectivity index (χ2v) is 7.32. The van der Waals surface area contributed by atoms with E-state index in [1.807, 2.05) is 27.1 Å². The van der Waals surface area contributed by atoms with E-state index in [9.17, 15) is 9.59 Å². The van der Waals surface area contributed by atoms with Crippen LogP contribution in [-0.2, 0) is 16.0 Å². The van der Waals surface area contributed by atoms with Crippen LogP contribution in [0.3, 0.4) is 0 Å². The Hall–Kier alpha value is -1.89. The van der Waals surface area contributed by atoms with Crippen molar-refractivity contribution in [3.8, 4) is 0 Å². The molecule has 1 heterocycles. The third-order valence-corrected chi connectivity index (χ3v) is 4.28. The number of hydrogen-bond acceptors (Lipinski definition) is 5. The molecule has 7 nitrogen and oxygen atoms in total. The highest BCUT2D eigenvalue weighted by Crippen LogP contribution is 2.40. The van der Waals surface area contributed by atoms with E-state index in [-0.39, 0.29) is 24.3 Å². The van der Waals surface area contributed by atoms with Crippen molar-refractivity contribution in [2.45, 2.75) is 51.0 Å². The Morgan fingerprint density at radius 2 is 2.08 bits per heavy atom. The molecule has 0 radical (unpaired) electrons. The van der Waals surface area contributed by atoms with Gasteiger partial charge in [0.2, 0.25) is 11.8 Å².